The van der Waals surface area contributed by atoms with Crippen LogP contribution in [0.15, 0.2) is 36.7 Å². The van der Waals surface area contributed by atoms with Gasteiger partial charge in [-0.2, -0.15) is 13.2 Å². The molecule has 0 radical (unpaired) electrons. The van der Waals surface area contributed by atoms with Crippen LogP contribution in [0.4, 0.5) is 23.8 Å². The van der Waals surface area contributed by atoms with Gasteiger partial charge in [-0.05, 0) is 36.6 Å². The normalized spacial score (nSPS) is 20.8. The minimum Gasteiger partial charge on any atom is -0.465 e. The first-order valence-corrected chi connectivity index (χ1v) is 12.3. The van der Waals surface area contributed by atoms with Crippen molar-refractivity contribution in [1.29, 1.82) is 0 Å². The van der Waals surface area contributed by atoms with Crippen molar-refractivity contribution >= 4 is 33.5 Å². The topological polar surface area (TPSA) is 81.6 Å². The van der Waals surface area contributed by atoms with E-state index in [-0.39, 0.29) is 16.8 Å². The number of fused-ring (bicyclic) bond motifs is 1. The first-order valence-electron chi connectivity index (χ1n) is 11.5. The van der Waals surface area contributed by atoms with E-state index in [1.807, 2.05) is 24.3 Å². The molecule has 2 aliphatic rings. The monoisotopic (exact) mass is 505 g/mol. The number of rotatable bonds is 6. The lowest BCUT2D eigenvalue weighted by atomic mass is 9.86. The quantitative estimate of drug-likeness (QED) is 0.507. The number of hydrogen-bond donors (Lipinski definition) is 2. The zero-order chi connectivity index (χ0) is 24.6. The van der Waals surface area contributed by atoms with E-state index in [0.717, 1.165) is 68.3 Å². The number of nitrogens with zero attached hydrogens (tertiary/aromatic N) is 4. The lowest BCUT2D eigenvalue weighted by Gasteiger charge is -2.25. The van der Waals surface area contributed by atoms with Crippen molar-refractivity contribution in [3.8, 4) is 0 Å². The summed E-state index contributed by atoms with van der Waals surface area (Å²) < 4.78 is 38.6. The molecular formula is C24H26F3N5O2S. The first-order chi connectivity index (χ1) is 16.7. The van der Waals surface area contributed by atoms with Crippen LogP contribution in [0.1, 0.15) is 28.8 Å². The molecule has 7 nitrogen and oxygen atoms in total. The summed E-state index contributed by atoms with van der Waals surface area (Å²) >= 11 is 1.09. The van der Waals surface area contributed by atoms with Crippen molar-refractivity contribution in [1.82, 2.24) is 20.2 Å². The van der Waals surface area contributed by atoms with Crippen LogP contribution >= 0.6 is 11.3 Å². The van der Waals surface area contributed by atoms with E-state index in [1.54, 1.807) is 6.07 Å². The Morgan fingerprint density at radius 3 is 2.60 bits per heavy atom. The number of alkyl halides is 3. The standard InChI is InChI=1S/C24H26F3N5O2S/c25-24(26,27)10-18-9-19-20(29-15-30-21(19)35-18)32-8-6-23(14-32)5-7-31(13-23)12-17-3-1-16(2-4-17)11-28-22(33)34/h1-4,9,15,28H,5-8,10-14H2,(H,33,34). The summed E-state index contributed by atoms with van der Waals surface area (Å²) in [7, 11) is 0. The summed E-state index contributed by atoms with van der Waals surface area (Å²) in [4.78, 5) is 24.8. The van der Waals surface area contributed by atoms with Crippen LogP contribution in [0.3, 0.4) is 0 Å². The van der Waals surface area contributed by atoms with Gasteiger partial charge >= 0.3 is 12.3 Å². The van der Waals surface area contributed by atoms with E-state index in [1.165, 1.54) is 11.9 Å². The van der Waals surface area contributed by atoms with Crippen LogP contribution in [0.2, 0.25) is 0 Å². The first kappa shape index (κ1) is 23.8. The molecule has 5 rings (SSSR count). The van der Waals surface area contributed by atoms with Crippen molar-refractivity contribution in [2.45, 2.75) is 38.5 Å². The van der Waals surface area contributed by atoms with Crippen molar-refractivity contribution in [3.63, 3.8) is 0 Å². The van der Waals surface area contributed by atoms with E-state index < -0.39 is 18.7 Å². The van der Waals surface area contributed by atoms with Crippen LogP contribution < -0.4 is 10.2 Å². The van der Waals surface area contributed by atoms with Gasteiger partial charge in [0.2, 0.25) is 0 Å². The largest absolute Gasteiger partial charge is 0.465 e. The Morgan fingerprint density at radius 1 is 1.11 bits per heavy atom. The maximum atomic E-state index is 12.9. The molecule has 3 aromatic rings. The highest BCUT2D eigenvalue weighted by molar-refractivity contribution is 7.18. The molecule has 2 N–H and O–H groups in total. The number of amides is 1. The maximum Gasteiger partial charge on any atom is 0.404 e. The number of aromatic nitrogens is 2. The van der Waals surface area contributed by atoms with Gasteiger partial charge in [0.15, 0.2) is 0 Å². The fourth-order valence-electron chi connectivity index (χ4n) is 5.24. The van der Waals surface area contributed by atoms with Crippen LogP contribution in [-0.2, 0) is 19.5 Å². The number of thiophene rings is 1. The molecule has 1 atom stereocenters. The van der Waals surface area contributed by atoms with E-state index in [0.29, 0.717) is 10.2 Å². The highest BCUT2D eigenvalue weighted by Gasteiger charge is 2.44. The Balaban J connectivity index is 1.23. The van der Waals surface area contributed by atoms with E-state index in [9.17, 15) is 18.0 Å². The molecule has 0 bridgehead atoms. The Kier molecular flexibility index (Phi) is 6.30. The molecule has 0 aliphatic carbocycles. The molecule has 2 fully saturated rings. The number of anilines is 1. The summed E-state index contributed by atoms with van der Waals surface area (Å²) in [6.07, 6.45) is -2.67. The molecule has 1 amide bonds. The Bertz CT molecular complexity index is 1220. The second-order valence-corrected chi connectivity index (χ2v) is 10.6. The Hall–Kier alpha value is -2.92. The maximum absolute atomic E-state index is 12.9. The minimum absolute atomic E-state index is 0.146. The third-order valence-corrected chi connectivity index (χ3v) is 7.91. The fraction of sp³-hybridized carbons (Fsp3) is 0.458. The summed E-state index contributed by atoms with van der Waals surface area (Å²) in [5.41, 5.74) is 2.25. The number of likely N-dealkylation sites (tertiary alicyclic amines) is 1. The van der Waals surface area contributed by atoms with Gasteiger partial charge < -0.3 is 15.3 Å². The minimum atomic E-state index is -4.24. The molecule has 4 heterocycles. The molecule has 11 heteroatoms. The third-order valence-electron chi connectivity index (χ3n) is 6.86. The molecule has 2 aromatic heterocycles. The zero-order valence-corrected chi connectivity index (χ0v) is 19.8. The molecule has 1 unspecified atom stereocenters. The van der Waals surface area contributed by atoms with Crippen LogP contribution in [0, 0.1) is 5.41 Å². The highest BCUT2D eigenvalue weighted by Crippen LogP contribution is 2.43. The van der Waals surface area contributed by atoms with Crippen molar-refractivity contribution in [3.05, 3.63) is 52.7 Å². The molecule has 1 spiro atoms. The molecular weight excluding hydrogens is 479 g/mol. The number of carboxylic acid groups (broad SMARTS) is 1. The average molecular weight is 506 g/mol. The number of hydrogen-bond acceptors (Lipinski definition) is 6. The van der Waals surface area contributed by atoms with Crippen LogP contribution in [0.25, 0.3) is 10.2 Å². The van der Waals surface area contributed by atoms with Crippen molar-refractivity contribution in [2.75, 3.05) is 31.1 Å². The van der Waals surface area contributed by atoms with Crippen LogP contribution in [0.5, 0.6) is 0 Å². The molecule has 1 aromatic carbocycles. The van der Waals surface area contributed by atoms with Crippen molar-refractivity contribution in [2.24, 2.45) is 5.41 Å². The van der Waals surface area contributed by atoms with Gasteiger partial charge in [-0.1, -0.05) is 24.3 Å². The summed E-state index contributed by atoms with van der Waals surface area (Å²) in [5, 5.41) is 11.8. The molecule has 2 saturated heterocycles. The van der Waals surface area contributed by atoms with E-state index >= 15 is 0 Å². The number of benzene rings is 1. The highest BCUT2D eigenvalue weighted by atomic mass is 32.1. The van der Waals surface area contributed by atoms with Crippen molar-refractivity contribution < 1.29 is 23.1 Å². The lowest BCUT2D eigenvalue weighted by Crippen LogP contribution is -2.31. The van der Waals surface area contributed by atoms with Gasteiger partial charge in [0.05, 0.1) is 11.8 Å². The number of nitrogens with one attached hydrogen (secondary N) is 1. The van der Waals surface area contributed by atoms with Crippen LogP contribution in [-0.4, -0.2) is 58.4 Å². The summed E-state index contributed by atoms with van der Waals surface area (Å²) in [5.74, 6) is 0.737. The summed E-state index contributed by atoms with van der Waals surface area (Å²) in [6, 6.07) is 9.57. The lowest BCUT2D eigenvalue weighted by molar-refractivity contribution is -0.126. The van der Waals surface area contributed by atoms with E-state index in [4.69, 9.17) is 5.11 Å². The van der Waals surface area contributed by atoms with Gasteiger partial charge in [-0.3, -0.25) is 4.90 Å². The predicted octanol–water partition coefficient (Wildman–Crippen LogP) is 4.67. The fourth-order valence-corrected chi connectivity index (χ4v) is 6.26. The van der Waals surface area contributed by atoms with Gasteiger partial charge in [-0.15, -0.1) is 11.3 Å². The van der Waals surface area contributed by atoms with E-state index in [2.05, 4.69) is 25.1 Å². The smallest absolute Gasteiger partial charge is 0.404 e. The number of carbonyl (C=O) groups is 1. The number of halogens is 3. The summed E-state index contributed by atoms with van der Waals surface area (Å²) in [6.45, 7) is 4.73. The van der Waals surface area contributed by atoms with Gasteiger partial charge in [0, 0.05) is 43.0 Å². The SMILES string of the molecule is O=C(O)NCc1ccc(CN2CCC3(CCN(c4ncnc5sc(CC(F)(F)F)cc45)C3)C2)cc1. The Labute approximate surface area is 204 Å². The van der Waals surface area contributed by atoms with Gasteiger partial charge in [-0.25, -0.2) is 14.8 Å². The second-order valence-electron chi connectivity index (χ2n) is 9.53. The second kappa shape index (κ2) is 9.27. The Morgan fingerprint density at radius 2 is 1.86 bits per heavy atom. The molecule has 0 saturated carbocycles. The average Bonchev–Trinajstić information content (AvgIpc) is 3.50. The third kappa shape index (κ3) is 5.51. The zero-order valence-electron chi connectivity index (χ0n) is 19.0. The molecule has 35 heavy (non-hydrogen) atoms. The molecule has 186 valence electrons. The van der Waals surface area contributed by atoms with Gasteiger partial charge in [0.25, 0.3) is 0 Å². The predicted molar refractivity (Wildman–Crippen MR) is 128 cm³/mol. The molecule has 2 aliphatic heterocycles. The van der Waals surface area contributed by atoms with Gasteiger partial charge in [0.1, 0.15) is 17.0 Å².